The maximum atomic E-state index is 12.2. The second-order valence-corrected chi connectivity index (χ2v) is 6.19. The van der Waals surface area contributed by atoms with Gasteiger partial charge in [-0.05, 0) is 25.7 Å². The van der Waals surface area contributed by atoms with E-state index in [2.05, 4.69) is 10.6 Å². The molecule has 2 aliphatic carbocycles. The fourth-order valence-corrected chi connectivity index (χ4v) is 2.80. The molecule has 0 aromatic carbocycles. The summed E-state index contributed by atoms with van der Waals surface area (Å²) < 4.78 is 0. The smallest absolute Gasteiger partial charge is 0.318 e. The van der Waals surface area contributed by atoms with Crippen LogP contribution >= 0.6 is 0 Å². The quantitative estimate of drug-likeness (QED) is 0.672. The number of likely N-dealkylation sites (N-methyl/N-ethyl adjacent to an activating group) is 1. The molecule has 2 fully saturated rings. The van der Waals surface area contributed by atoms with Gasteiger partial charge in [0.1, 0.15) is 6.54 Å². The number of aliphatic carboxylic acids is 1. The molecule has 7 heteroatoms. The molecule has 3 N–H and O–H groups in total. The van der Waals surface area contributed by atoms with E-state index >= 15 is 0 Å². The minimum Gasteiger partial charge on any atom is -0.481 e. The van der Waals surface area contributed by atoms with Crippen LogP contribution in [0.4, 0.5) is 4.79 Å². The highest BCUT2D eigenvalue weighted by molar-refractivity contribution is 5.84. The lowest BCUT2D eigenvalue weighted by molar-refractivity contribution is -0.138. The van der Waals surface area contributed by atoms with Crippen LogP contribution in [-0.4, -0.2) is 53.1 Å². The van der Waals surface area contributed by atoms with E-state index in [0.717, 1.165) is 25.7 Å². The van der Waals surface area contributed by atoms with Gasteiger partial charge in [0.25, 0.3) is 0 Å². The number of hydrogen-bond acceptors (Lipinski definition) is 3. The van der Waals surface area contributed by atoms with Crippen LogP contribution in [0.1, 0.15) is 44.9 Å². The van der Waals surface area contributed by atoms with Crippen molar-refractivity contribution in [2.24, 2.45) is 0 Å². The molecule has 0 aromatic rings. The third-order valence-electron chi connectivity index (χ3n) is 4.09. The van der Waals surface area contributed by atoms with Gasteiger partial charge < -0.3 is 20.6 Å². The molecular formula is C14H23N3O4. The summed E-state index contributed by atoms with van der Waals surface area (Å²) >= 11 is 0. The van der Waals surface area contributed by atoms with Crippen LogP contribution in [0.25, 0.3) is 0 Å². The Labute approximate surface area is 124 Å². The Hall–Kier alpha value is -1.79. The molecule has 2 aliphatic rings. The lowest BCUT2D eigenvalue weighted by atomic mass is 9.93. The van der Waals surface area contributed by atoms with Gasteiger partial charge >= 0.3 is 12.0 Å². The van der Waals surface area contributed by atoms with E-state index in [1.807, 2.05) is 0 Å². The molecule has 0 radical (unpaired) electrons. The average molecular weight is 297 g/mol. The lowest BCUT2D eigenvalue weighted by Crippen LogP contribution is -2.53. The number of nitrogens with zero attached hydrogens (tertiary/aromatic N) is 1. The Balaban J connectivity index is 1.85. The number of carboxylic acids is 1. The molecular weight excluding hydrogens is 274 g/mol. The minimum atomic E-state index is -0.911. The first-order chi connectivity index (χ1) is 9.90. The average Bonchev–Trinajstić information content (AvgIpc) is 3.07. The van der Waals surface area contributed by atoms with Crippen molar-refractivity contribution in [3.63, 3.8) is 0 Å². The molecule has 0 unspecified atom stereocenters. The zero-order valence-corrected chi connectivity index (χ0v) is 12.4. The summed E-state index contributed by atoms with van der Waals surface area (Å²) in [6.45, 7) is -0.00845. The standard InChI is InChI=1S/C14H23N3O4/c1-17(9-11(18)15-10-4-5-10)13(21)16-14(8-12(19)20)6-2-3-7-14/h10H,2-9H2,1H3,(H,15,18)(H,16,21)(H,19,20). The zero-order valence-electron chi connectivity index (χ0n) is 12.4. The summed E-state index contributed by atoms with van der Waals surface area (Å²) in [5.41, 5.74) is -0.663. The molecule has 21 heavy (non-hydrogen) atoms. The predicted molar refractivity (Wildman–Crippen MR) is 75.8 cm³/mol. The molecule has 0 spiro atoms. The molecule has 7 nitrogen and oxygen atoms in total. The van der Waals surface area contributed by atoms with Gasteiger partial charge in [0, 0.05) is 13.1 Å². The van der Waals surface area contributed by atoms with Gasteiger partial charge in [0.2, 0.25) is 5.91 Å². The first-order valence-corrected chi connectivity index (χ1v) is 7.45. The summed E-state index contributed by atoms with van der Waals surface area (Å²) in [4.78, 5) is 36.1. The first-order valence-electron chi connectivity index (χ1n) is 7.45. The summed E-state index contributed by atoms with van der Waals surface area (Å²) in [5.74, 6) is -1.08. The van der Waals surface area contributed by atoms with Gasteiger partial charge in [-0.2, -0.15) is 0 Å². The highest BCUT2D eigenvalue weighted by atomic mass is 16.4. The topological polar surface area (TPSA) is 98.7 Å². The van der Waals surface area contributed by atoms with Gasteiger partial charge in [-0.25, -0.2) is 4.79 Å². The van der Waals surface area contributed by atoms with Gasteiger partial charge in [-0.15, -0.1) is 0 Å². The lowest BCUT2D eigenvalue weighted by Gasteiger charge is -2.31. The Morgan fingerprint density at radius 1 is 1.24 bits per heavy atom. The monoisotopic (exact) mass is 297 g/mol. The third kappa shape index (κ3) is 4.61. The maximum Gasteiger partial charge on any atom is 0.318 e. The normalized spacial score (nSPS) is 19.9. The van der Waals surface area contributed by atoms with Gasteiger partial charge in [0.15, 0.2) is 0 Å². The van der Waals surface area contributed by atoms with Crippen molar-refractivity contribution in [1.29, 1.82) is 0 Å². The van der Waals surface area contributed by atoms with Crippen molar-refractivity contribution in [2.45, 2.75) is 56.5 Å². The Morgan fingerprint density at radius 2 is 1.86 bits per heavy atom. The Morgan fingerprint density at radius 3 is 2.38 bits per heavy atom. The number of nitrogens with one attached hydrogen (secondary N) is 2. The SMILES string of the molecule is CN(CC(=O)NC1CC1)C(=O)NC1(CC(=O)O)CCCC1. The molecule has 0 atom stereocenters. The van der Waals surface area contributed by atoms with Crippen LogP contribution in [0.15, 0.2) is 0 Å². The number of carboxylic acid groups (broad SMARTS) is 1. The molecule has 2 saturated carbocycles. The van der Waals surface area contributed by atoms with Crippen molar-refractivity contribution in [2.75, 3.05) is 13.6 Å². The highest BCUT2D eigenvalue weighted by Crippen LogP contribution is 2.32. The molecule has 0 bridgehead atoms. The van der Waals surface area contributed by atoms with E-state index in [4.69, 9.17) is 5.11 Å². The maximum absolute atomic E-state index is 12.2. The van der Waals surface area contributed by atoms with Crippen LogP contribution in [-0.2, 0) is 9.59 Å². The van der Waals surface area contributed by atoms with Crippen molar-refractivity contribution in [3.8, 4) is 0 Å². The summed E-state index contributed by atoms with van der Waals surface area (Å²) in [5, 5.41) is 14.7. The minimum absolute atomic E-state index is 0.00845. The Kier molecular flexibility index (Phi) is 4.69. The molecule has 0 aliphatic heterocycles. The first kappa shape index (κ1) is 15.6. The molecule has 0 saturated heterocycles. The fraction of sp³-hybridized carbons (Fsp3) is 0.786. The largest absolute Gasteiger partial charge is 0.481 e. The van der Waals surface area contributed by atoms with Gasteiger partial charge in [-0.3, -0.25) is 9.59 Å². The van der Waals surface area contributed by atoms with Crippen molar-refractivity contribution < 1.29 is 19.5 Å². The fourth-order valence-electron chi connectivity index (χ4n) is 2.80. The van der Waals surface area contributed by atoms with E-state index < -0.39 is 11.5 Å². The van der Waals surface area contributed by atoms with Crippen molar-refractivity contribution >= 4 is 17.9 Å². The van der Waals surface area contributed by atoms with Crippen molar-refractivity contribution in [3.05, 3.63) is 0 Å². The second-order valence-electron chi connectivity index (χ2n) is 6.19. The number of rotatable bonds is 6. The van der Waals surface area contributed by atoms with Crippen LogP contribution in [0.3, 0.4) is 0 Å². The molecule has 3 amide bonds. The van der Waals surface area contributed by atoms with Crippen LogP contribution < -0.4 is 10.6 Å². The number of carbonyl (C=O) groups excluding carboxylic acids is 2. The van der Waals surface area contributed by atoms with Crippen molar-refractivity contribution in [1.82, 2.24) is 15.5 Å². The van der Waals surface area contributed by atoms with Gasteiger partial charge in [0.05, 0.1) is 12.0 Å². The molecule has 2 rings (SSSR count). The third-order valence-corrected chi connectivity index (χ3v) is 4.09. The molecule has 118 valence electrons. The summed E-state index contributed by atoms with van der Waals surface area (Å²) in [7, 11) is 1.55. The number of carbonyl (C=O) groups is 3. The predicted octanol–water partition coefficient (Wildman–Crippen LogP) is 0.694. The van der Waals surface area contributed by atoms with Gasteiger partial charge in [-0.1, -0.05) is 12.8 Å². The van der Waals surface area contributed by atoms with E-state index in [1.165, 1.54) is 4.90 Å². The number of amides is 3. The van der Waals surface area contributed by atoms with E-state index in [9.17, 15) is 14.4 Å². The van der Waals surface area contributed by atoms with E-state index in [0.29, 0.717) is 12.8 Å². The summed E-state index contributed by atoms with van der Waals surface area (Å²) in [6.07, 6.45) is 5.12. The molecule has 0 aromatic heterocycles. The Bertz CT molecular complexity index is 428. The van der Waals surface area contributed by atoms with E-state index in [1.54, 1.807) is 7.05 Å². The second kappa shape index (κ2) is 6.32. The number of hydrogen-bond donors (Lipinski definition) is 3. The number of urea groups is 1. The zero-order chi connectivity index (χ0) is 15.5. The van der Waals surface area contributed by atoms with E-state index in [-0.39, 0.29) is 30.9 Å². The van der Waals surface area contributed by atoms with Crippen LogP contribution in [0.5, 0.6) is 0 Å². The highest BCUT2D eigenvalue weighted by Gasteiger charge is 2.38. The van der Waals surface area contributed by atoms with Crippen LogP contribution in [0.2, 0.25) is 0 Å². The summed E-state index contributed by atoms with van der Waals surface area (Å²) in [6, 6.07) is -0.119. The van der Waals surface area contributed by atoms with Crippen LogP contribution in [0, 0.1) is 0 Å². The molecule has 0 heterocycles.